The van der Waals surface area contributed by atoms with Crippen LogP contribution in [0.15, 0.2) is 51.1 Å². The largest absolute Gasteiger partial charge is 0.506 e. The lowest BCUT2D eigenvalue weighted by molar-refractivity contribution is -0.118. The Morgan fingerprint density at radius 1 is 1.34 bits per heavy atom. The number of hydrogen-bond donors (Lipinski definition) is 2. The van der Waals surface area contributed by atoms with E-state index < -0.39 is 0 Å². The van der Waals surface area contributed by atoms with Gasteiger partial charge in [-0.3, -0.25) is 4.79 Å². The van der Waals surface area contributed by atoms with Gasteiger partial charge in [-0.2, -0.15) is 5.10 Å². The standard InChI is InChI=1S/C18H14BrCl2N5O2S/c1-26-17(10-3-2-4-12(19)5-10)24-25-18(26)29-9-15(27)23-22-8-11-6-13(20)7-14(21)16(11)28/h2-8,28H,9H2,1H3,(H,23,27). The van der Waals surface area contributed by atoms with Crippen LogP contribution in [-0.2, 0) is 11.8 Å². The highest BCUT2D eigenvalue weighted by Crippen LogP contribution is 2.30. The number of hydrogen-bond acceptors (Lipinski definition) is 6. The van der Waals surface area contributed by atoms with Crippen molar-refractivity contribution in [3.63, 3.8) is 0 Å². The van der Waals surface area contributed by atoms with E-state index in [0.717, 1.165) is 10.0 Å². The van der Waals surface area contributed by atoms with Gasteiger partial charge in [0.2, 0.25) is 0 Å². The van der Waals surface area contributed by atoms with E-state index in [9.17, 15) is 9.90 Å². The summed E-state index contributed by atoms with van der Waals surface area (Å²) in [6.07, 6.45) is 1.27. The van der Waals surface area contributed by atoms with Gasteiger partial charge >= 0.3 is 0 Å². The second-order valence-electron chi connectivity index (χ2n) is 5.78. The van der Waals surface area contributed by atoms with Crippen molar-refractivity contribution in [3.05, 3.63) is 56.5 Å². The fourth-order valence-electron chi connectivity index (χ4n) is 2.34. The Kier molecular flexibility index (Phi) is 7.18. The number of phenolic OH excluding ortho intramolecular Hbond substituents is 1. The zero-order chi connectivity index (χ0) is 21.0. The van der Waals surface area contributed by atoms with E-state index in [2.05, 4.69) is 36.7 Å². The molecule has 2 aromatic carbocycles. The number of halogens is 3. The number of carbonyl (C=O) groups excluding carboxylic acids is 1. The maximum atomic E-state index is 12.0. The Labute approximate surface area is 189 Å². The van der Waals surface area contributed by atoms with Gasteiger partial charge < -0.3 is 9.67 Å². The average molecular weight is 515 g/mol. The molecule has 0 unspecified atom stereocenters. The molecule has 11 heteroatoms. The van der Waals surface area contributed by atoms with E-state index in [1.807, 2.05) is 35.9 Å². The van der Waals surface area contributed by atoms with Crippen LogP contribution in [0, 0.1) is 0 Å². The molecule has 150 valence electrons. The molecule has 1 heterocycles. The first-order valence-corrected chi connectivity index (χ1v) is 10.7. The minimum Gasteiger partial charge on any atom is -0.506 e. The fraction of sp³-hybridized carbons (Fsp3) is 0.111. The van der Waals surface area contributed by atoms with Crippen molar-refractivity contribution in [1.82, 2.24) is 20.2 Å². The minimum absolute atomic E-state index is 0.0874. The number of aromatic nitrogens is 3. The van der Waals surface area contributed by atoms with E-state index in [1.54, 1.807) is 0 Å². The van der Waals surface area contributed by atoms with Gasteiger partial charge in [-0.05, 0) is 24.3 Å². The van der Waals surface area contributed by atoms with Gasteiger partial charge in [0.1, 0.15) is 5.75 Å². The summed E-state index contributed by atoms with van der Waals surface area (Å²) in [5.41, 5.74) is 3.59. The van der Waals surface area contributed by atoms with E-state index in [1.165, 1.54) is 30.1 Å². The summed E-state index contributed by atoms with van der Waals surface area (Å²) < 4.78 is 2.76. The number of aromatic hydroxyl groups is 1. The van der Waals surface area contributed by atoms with Gasteiger partial charge in [0.15, 0.2) is 11.0 Å². The molecular formula is C18H14BrCl2N5O2S. The molecule has 1 aromatic heterocycles. The van der Waals surface area contributed by atoms with Crippen LogP contribution in [0.25, 0.3) is 11.4 Å². The summed E-state index contributed by atoms with van der Waals surface area (Å²) >= 11 is 16.4. The molecule has 0 bridgehead atoms. The van der Waals surface area contributed by atoms with E-state index in [-0.39, 0.29) is 22.4 Å². The fourth-order valence-corrected chi connectivity index (χ4v) is 3.95. The molecular weight excluding hydrogens is 501 g/mol. The van der Waals surface area contributed by atoms with Crippen LogP contribution in [0.1, 0.15) is 5.56 Å². The number of hydrazone groups is 1. The number of nitrogens with one attached hydrogen (secondary N) is 1. The lowest BCUT2D eigenvalue weighted by atomic mass is 10.2. The third kappa shape index (κ3) is 5.51. The number of benzene rings is 2. The molecule has 0 aliphatic rings. The van der Waals surface area contributed by atoms with Gasteiger partial charge in [0, 0.05) is 27.7 Å². The summed E-state index contributed by atoms with van der Waals surface area (Å²) in [7, 11) is 1.83. The highest BCUT2D eigenvalue weighted by atomic mass is 79.9. The number of rotatable bonds is 6. The molecule has 0 atom stereocenters. The molecule has 0 aliphatic carbocycles. The van der Waals surface area contributed by atoms with Crippen LogP contribution in [-0.4, -0.2) is 37.7 Å². The van der Waals surface area contributed by atoms with Gasteiger partial charge in [-0.25, -0.2) is 5.43 Å². The zero-order valence-corrected chi connectivity index (χ0v) is 18.8. The van der Waals surface area contributed by atoms with Crippen LogP contribution in [0.3, 0.4) is 0 Å². The molecule has 0 saturated heterocycles. The molecule has 7 nitrogen and oxygen atoms in total. The topological polar surface area (TPSA) is 92.4 Å². The first kappa shape index (κ1) is 21.6. The molecule has 2 N–H and O–H groups in total. The third-order valence-corrected chi connectivity index (χ3v) is 5.72. The maximum absolute atomic E-state index is 12.0. The minimum atomic E-state index is -0.342. The van der Waals surface area contributed by atoms with Crippen molar-refractivity contribution < 1.29 is 9.90 Å². The van der Waals surface area contributed by atoms with Gasteiger partial charge in [0.05, 0.1) is 17.0 Å². The summed E-state index contributed by atoms with van der Waals surface area (Å²) in [6.45, 7) is 0. The van der Waals surface area contributed by atoms with Crippen LogP contribution in [0.4, 0.5) is 0 Å². The van der Waals surface area contributed by atoms with Gasteiger partial charge in [0.25, 0.3) is 5.91 Å². The Morgan fingerprint density at radius 2 is 2.14 bits per heavy atom. The second-order valence-corrected chi connectivity index (χ2v) is 8.48. The van der Waals surface area contributed by atoms with Crippen LogP contribution >= 0.6 is 50.9 Å². The number of amides is 1. The van der Waals surface area contributed by atoms with Crippen LogP contribution < -0.4 is 5.43 Å². The van der Waals surface area contributed by atoms with E-state index in [4.69, 9.17) is 23.2 Å². The van der Waals surface area contributed by atoms with Crippen molar-refractivity contribution >= 4 is 63.0 Å². The zero-order valence-electron chi connectivity index (χ0n) is 14.9. The Hall–Kier alpha value is -2.07. The molecule has 0 radical (unpaired) electrons. The quantitative estimate of drug-likeness (QED) is 0.287. The molecule has 0 aliphatic heterocycles. The lowest BCUT2D eigenvalue weighted by Crippen LogP contribution is -2.19. The maximum Gasteiger partial charge on any atom is 0.250 e. The third-order valence-electron chi connectivity index (χ3n) is 3.70. The van der Waals surface area contributed by atoms with Gasteiger partial charge in [-0.15, -0.1) is 10.2 Å². The Bertz CT molecular complexity index is 1090. The molecule has 0 saturated carbocycles. The van der Waals surface area contributed by atoms with Crippen molar-refractivity contribution in [3.8, 4) is 17.1 Å². The molecule has 29 heavy (non-hydrogen) atoms. The van der Waals surface area contributed by atoms with Crippen molar-refractivity contribution in [2.75, 3.05) is 5.75 Å². The van der Waals surface area contributed by atoms with Crippen molar-refractivity contribution in [2.45, 2.75) is 5.16 Å². The Morgan fingerprint density at radius 3 is 2.90 bits per heavy atom. The van der Waals surface area contributed by atoms with E-state index >= 15 is 0 Å². The molecule has 3 aromatic rings. The first-order chi connectivity index (χ1) is 13.8. The molecule has 0 spiro atoms. The first-order valence-electron chi connectivity index (χ1n) is 8.13. The normalized spacial score (nSPS) is 11.2. The summed E-state index contributed by atoms with van der Waals surface area (Å²) in [6, 6.07) is 10.6. The van der Waals surface area contributed by atoms with E-state index in [0.29, 0.717) is 21.6 Å². The monoisotopic (exact) mass is 513 g/mol. The Balaban J connectivity index is 1.59. The molecule has 1 amide bonds. The predicted octanol–water partition coefficient (Wildman–Crippen LogP) is 4.50. The average Bonchev–Trinajstić information content (AvgIpc) is 3.04. The number of thioether (sulfide) groups is 1. The molecule has 0 fully saturated rings. The summed E-state index contributed by atoms with van der Waals surface area (Å²) in [5.74, 6) is 0.276. The smallest absolute Gasteiger partial charge is 0.250 e. The SMILES string of the molecule is Cn1c(SCC(=O)NN=Cc2cc(Cl)cc(Cl)c2O)nnc1-c1cccc(Br)c1. The van der Waals surface area contributed by atoms with Crippen molar-refractivity contribution in [2.24, 2.45) is 12.1 Å². The molecule has 3 rings (SSSR count). The van der Waals surface area contributed by atoms with Gasteiger partial charge in [-0.1, -0.05) is 63.0 Å². The van der Waals surface area contributed by atoms with Crippen LogP contribution in [0.5, 0.6) is 5.75 Å². The predicted molar refractivity (Wildman–Crippen MR) is 119 cm³/mol. The lowest BCUT2D eigenvalue weighted by Gasteiger charge is -2.04. The summed E-state index contributed by atoms with van der Waals surface area (Å²) in [5, 5.41) is 23.0. The van der Waals surface area contributed by atoms with Crippen LogP contribution in [0.2, 0.25) is 10.0 Å². The summed E-state index contributed by atoms with van der Waals surface area (Å²) in [4.78, 5) is 12.0. The second kappa shape index (κ2) is 9.62. The number of nitrogens with zero attached hydrogens (tertiary/aromatic N) is 4. The van der Waals surface area contributed by atoms with Crippen molar-refractivity contribution in [1.29, 1.82) is 0 Å². The highest BCUT2D eigenvalue weighted by molar-refractivity contribution is 9.10. The number of carbonyl (C=O) groups is 1. The number of phenols is 1. The highest BCUT2D eigenvalue weighted by Gasteiger charge is 2.13.